The largest absolute Gasteiger partial charge is 0.361 e. The minimum atomic E-state index is 0.621. The van der Waals surface area contributed by atoms with Gasteiger partial charge in [-0.05, 0) is 12.1 Å². The van der Waals surface area contributed by atoms with Crippen LogP contribution >= 0.6 is 0 Å². The third-order valence-electron chi connectivity index (χ3n) is 3.71. The number of benzene rings is 2. The summed E-state index contributed by atoms with van der Waals surface area (Å²) in [5, 5.41) is 2.19. The monoisotopic (exact) mass is 260 g/mol. The first kappa shape index (κ1) is 11.1. The molecule has 0 atom stereocenters. The number of nitrogens with one attached hydrogen (secondary N) is 2. The molecule has 0 saturated carbocycles. The predicted molar refractivity (Wildman–Crippen MR) is 81.0 cm³/mol. The van der Waals surface area contributed by atoms with Gasteiger partial charge in [0.15, 0.2) is 6.29 Å². The average molecular weight is 260 g/mol. The Morgan fingerprint density at radius 3 is 2.35 bits per heavy atom. The van der Waals surface area contributed by atoms with E-state index in [4.69, 9.17) is 0 Å². The van der Waals surface area contributed by atoms with Gasteiger partial charge in [0, 0.05) is 39.1 Å². The van der Waals surface area contributed by atoms with Crippen LogP contribution in [0.1, 0.15) is 10.5 Å². The fourth-order valence-electron chi connectivity index (χ4n) is 2.82. The lowest BCUT2D eigenvalue weighted by molar-refractivity contribution is 0.112. The number of aromatic amines is 2. The Hall–Kier alpha value is -2.81. The van der Waals surface area contributed by atoms with Crippen molar-refractivity contribution in [2.45, 2.75) is 0 Å². The van der Waals surface area contributed by atoms with Gasteiger partial charge >= 0.3 is 0 Å². The highest BCUT2D eigenvalue weighted by atomic mass is 16.1. The zero-order chi connectivity index (χ0) is 13.5. The number of H-pyrrole nitrogens is 2. The van der Waals surface area contributed by atoms with Gasteiger partial charge in [0.2, 0.25) is 0 Å². The summed E-state index contributed by atoms with van der Waals surface area (Å²) in [6, 6.07) is 16.1. The van der Waals surface area contributed by atoms with Crippen LogP contribution in [0.3, 0.4) is 0 Å². The van der Waals surface area contributed by atoms with Crippen molar-refractivity contribution < 1.29 is 4.79 Å². The Balaban J connectivity index is 2.14. The Morgan fingerprint density at radius 2 is 1.55 bits per heavy atom. The first-order valence-corrected chi connectivity index (χ1v) is 6.51. The molecule has 4 rings (SSSR count). The average Bonchev–Trinajstić information content (AvgIpc) is 3.07. The summed E-state index contributed by atoms with van der Waals surface area (Å²) in [6.07, 6.45) is 2.85. The van der Waals surface area contributed by atoms with E-state index < -0.39 is 0 Å². The van der Waals surface area contributed by atoms with Gasteiger partial charge in [0.25, 0.3) is 0 Å². The SMILES string of the molecule is O=Cc1[nH]c2ccccc2c1-c1c[nH]c2ccccc12. The molecule has 4 aromatic rings. The first-order valence-electron chi connectivity index (χ1n) is 6.51. The van der Waals surface area contributed by atoms with Gasteiger partial charge in [0.05, 0.1) is 5.69 Å². The Morgan fingerprint density at radius 1 is 0.850 bits per heavy atom. The summed E-state index contributed by atoms with van der Waals surface area (Å²) in [6.45, 7) is 0. The molecule has 3 heteroatoms. The van der Waals surface area contributed by atoms with Gasteiger partial charge in [-0.2, -0.15) is 0 Å². The van der Waals surface area contributed by atoms with Crippen LogP contribution in [0, 0.1) is 0 Å². The number of aromatic nitrogens is 2. The number of hydrogen-bond donors (Lipinski definition) is 2. The molecule has 0 spiro atoms. The van der Waals surface area contributed by atoms with Gasteiger partial charge in [-0.25, -0.2) is 0 Å². The topological polar surface area (TPSA) is 48.6 Å². The maximum Gasteiger partial charge on any atom is 0.166 e. The lowest BCUT2D eigenvalue weighted by Gasteiger charge is -1.99. The van der Waals surface area contributed by atoms with Crippen LogP contribution in [0.5, 0.6) is 0 Å². The number of hydrogen-bond acceptors (Lipinski definition) is 1. The fraction of sp³-hybridized carbons (Fsp3) is 0. The zero-order valence-corrected chi connectivity index (χ0v) is 10.7. The molecule has 0 aliphatic heterocycles. The standard InChI is InChI=1S/C17H12N2O/c20-10-16-17(12-6-2-4-8-15(12)19-16)13-9-18-14-7-3-1-5-11(13)14/h1-10,18-19H. The molecule has 0 radical (unpaired) electrons. The van der Waals surface area contributed by atoms with Crippen molar-refractivity contribution in [2.24, 2.45) is 0 Å². The van der Waals surface area contributed by atoms with Crippen molar-refractivity contribution >= 4 is 28.1 Å². The van der Waals surface area contributed by atoms with Crippen LogP contribution < -0.4 is 0 Å². The van der Waals surface area contributed by atoms with Gasteiger partial charge < -0.3 is 9.97 Å². The number of rotatable bonds is 2. The van der Waals surface area contributed by atoms with Gasteiger partial charge in [-0.15, -0.1) is 0 Å². The molecule has 0 bridgehead atoms. The molecule has 20 heavy (non-hydrogen) atoms. The zero-order valence-electron chi connectivity index (χ0n) is 10.7. The van der Waals surface area contributed by atoms with Crippen molar-refractivity contribution in [1.82, 2.24) is 9.97 Å². The van der Waals surface area contributed by atoms with Crippen molar-refractivity contribution in [3.63, 3.8) is 0 Å². The number of aldehydes is 1. The van der Waals surface area contributed by atoms with Gasteiger partial charge in [-0.1, -0.05) is 36.4 Å². The predicted octanol–water partition coefficient (Wildman–Crippen LogP) is 4.13. The van der Waals surface area contributed by atoms with E-state index in [2.05, 4.69) is 16.0 Å². The third-order valence-corrected chi connectivity index (χ3v) is 3.71. The van der Waals surface area contributed by atoms with Crippen LogP contribution in [0.4, 0.5) is 0 Å². The number of carbonyl (C=O) groups is 1. The number of fused-ring (bicyclic) bond motifs is 2. The Bertz CT molecular complexity index is 930. The van der Waals surface area contributed by atoms with Crippen LogP contribution in [0.25, 0.3) is 32.9 Å². The van der Waals surface area contributed by atoms with Crippen LogP contribution in [0.2, 0.25) is 0 Å². The first-order chi connectivity index (χ1) is 9.88. The summed E-state index contributed by atoms with van der Waals surface area (Å²) >= 11 is 0. The molecule has 2 N–H and O–H groups in total. The van der Waals surface area contributed by atoms with Crippen LogP contribution in [-0.4, -0.2) is 16.3 Å². The van der Waals surface area contributed by atoms with Gasteiger partial charge in [-0.3, -0.25) is 4.79 Å². The summed E-state index contributed by atoms with van der Waals surface area (Å²) in [4.78, 5) is 17.8. The van der Waals surface area contributed by atoms with Crippen molar-refractivity contribution in [1.29, 1.82) is 0 Å². The molecule has 0 fully saturated rings. The molecule has 2 aromatic heterocycles. The minimum absolute atomic E-state index is 0.621. The lowest BCUT2D eigenvalue weighted by Crippen LogP contribution is -1.83. The van der Waals surface area contributed by atoms with Crippen molar-refractivity contribution in [3.05, 3.63) is 60.4 Å². The molecular weight excluding hydrogens is 248 g/mol. The molecule has 0 aliphatic rings. The summed E-state index contributed by atoms with van der Waals surface area (Å²) in [7, 11) is 0. The maximum absolute atomic E-state index is 11.4. The molecule has 2 heterocycles. The molecule has 0 aliphatic carbocycles. The van der Waals surface area contributed by atoms with E-state index in [-0.39, 0.29) is 0 Å². The minimum Gasteiger partial charge on any atom is -0.361 e. The van der Waals surface area contributed by atoms with E-state index in [1.807, 2.05) is 48.7 Å². The van der Waals surface area contributed by atoms with Crippen LogP contribution in [0.15, 0.2) is 54.7 Å². The number of carbonyl (C=O) groups excluding carboxylic acids is 1. The smallest absolute Gasteiger partial charge is 0.166 e. The second-order valence-electron chi connectivity index (χ2n) is 4.83. The van der Waals surface area contributed by atoms with Gasteiger partial charge in [0.1, 0.15) is 0 Å². The summed E-state index contributed by atoms with van der Waals surface area (Å²) in [5.74, 6) is 0. The highest BCUT2D eigenvalue weighted by Gasteiger charge is 2.15. The van der Waals surface area contributed by atoms with E-state index in [9.17, 15) is 4.79 Å². The highest BCUT2D eigenvalue weighted by Crippen LogP contribution is 2.36. The quantitative estimate of drug-likeness (QED) is 0.523. The molecule has 0 unspecified atom stereocenters. The van der Waals surface area contributed by atoms with E-state index in [1.165, 1.54) is 0 Å². The van der Waals surface area contributed by atoms with Crippen molar-refractivity contribution in [2.75, 3.05) is 0 Å². The normalized spacial score (nSPS) is 11.2. The molecule has 96 valence electrons. The third kappa shape index (κ3) is 1.43. The summed E-state index contributed by atoms with van der Waals surface area (Å²) in [5.41, 5.74) is 4.70. The second-order valence-corrected chi connectivity index (χ2v) is 4.83. The molecule has 0 saturated heterocycles. The van der Waals surface area contributed by atoms with E-state index in [0.29, 0.717) is 5.69 Å². The van der Waals surface area contributed by atoms with Crippen LogP contribution in [-0.2, 0) is 0 Å². The molecule has 2 aromatic carbocycles. The van der Waals surface area contributed by atoms with E-state index >= 15 is 0 Å². The number of para-hydroxylation sites is 2. The van der Waals surface area contributed by atoms with E-state index in [1.54, 1.807) is 0 Å². The Labute approximate surface area is 115 Å². The molecule has 3 nitrogen and oxygen atoms in total. The van der Waals surface area contributed by atoms with Crippen molar-refractivity contribution in [3.8, 4) is 11.1 Å². The summed E-state index contributed by atoms with van der Waals surface area (Å²) < 4.78 is 0. The maximum atomic E-state index is 11.4. The van der Waals surface area contributed by atoms with E-state index in [0.717, 1.165) is 39.2 Å². The fourth-order valence-corrected chi connectivity index (χ4v) is 2.82. The Kier molecular flexibility index (Phi) is 2.27. The lowest BCUT2D eigenvalue weighted by atomic mass is 10.0. The molecule has 0 amide bonds. The molecular formula is C17H12N2O. The second kappa shape index (κ2) is 4.10. The highest BCUT2D eigenvalue weighted by molar-refractivity contribution is 6.10.